The number of aliphatic carboxylic acids is 1. The van der Waals surface area contributed by atoms with Gasteiger partial charge in [-0.3, -0.25) is 14.7 Å². The Labute approximate surface area is 152 Å². The van der Waals surface area contributed by atoms with Crippen LogP contribution in [0.25, 0.3) is 0 Å². The summed E-state index contributed by atoms with van der Waals surface area (Å²) in [5.74, 6) is -0.00618. The molecule has 0 bridgehead atoms. The lowest BCUT2D eigenvalue weighted by molar-refractivity contribution is -0.143. The van der Waals surface area contributed by atoms with Gasteiger partial charge in [0.05, 0.1) is 6.20 Å². The summed E-state index contributed by atoms with van der Waals surface area (Å²) in [5.41, 5.74) is 1.90. The third-order valence-electron chi connectivity index (χ3n) is 4.71. The van der Waals surface area contributed by atoms with Crippen LogP contribution in [0.2, 0.25) is 0 Å². The Hall–Kier alpha value is -2.51. The van der Waals surface area contributed by atoms with E-state index in [9.17, 15) is 9.90 Å². The molecule has 0 amide bonds. The average molecular weight is 356 g/mol. The summed E-state index contributed by atoms with van der Waals surface area (Å²) >= 11 is 0. The molecule has 3 rings (SSSR count). The summed E-state index contributed by atoms with van der Waals surface area (Å²) in [6.07, 6.45) is 6.55. The van der Waals surface area contributed by atoms with E-state index in [-0.39, 0.29) is 6.61 Å². The first-order chi connectivity index (χ1) is 12.7. The number of carboxylic acids is 1. The molecule has 0 radical (unpaired) electrons. The van der Waals surface area contributed by atoms with E-state index >= 15 is 0 Å². The molecule has 0 saturated carbocycles. The molecular weight excluding hydrogens is 332 g/mol. The maximum Gasteiger partial charge on any atom is 0.325 e. The van der Waals surface area contributed by atoms with Gasteiger partial charge in [0.15, 0.2) is 0 Å². The van der Waals surface area contributed by atoms with Crippen LogP contribution in [-0.2, 0) is 11.2 Å². The van der Waals surface area contributed by atoms with Gasteiger partial charge < -0.3 is 15.1 Å². The zero-order valence-corrected chi connectivity index (χ0v) is 14.7. The predicted octanol–water partition coefficient (Wildman–Crippen LogP) is 1.35. The van der Waals surface area contributed by atoms with Crippen LogP contribution >= 0.6 is 0 Å². The van der Waals surface area contributed by atoms with E-state index in [2.05, 4.69) is 14.9 Å². The first kappa shape index (κ1) is 18.3. The Bertz CT molecular complexity index is 700. The van der Waals surface area contributed by atoms with Gasteiger partial charge in [0.2, 0.25) is 0 Å². The van der Waals surface area contributed by atoms with E-state index in [0.717, 1.165) is 36.5 Å². The second kappa shape index (κ2) is 8.73. The van der Waals surface area contributed by atoms with Crippen LogP contribution in [0.3, 0.4) is 0 Å². The molecule has 1 aromatic carbocycles. The van der Waals surface area contributed by atoms with E-state index < -0.39 is 12.0 Å². The molecule has 1 fully saturated rings. The molecule has 7 nitrogen and oxygen atoms in total. The van der Waals surface area contributed by atoms with E-state index in [0.29, 0.717) is 19.5 Å². The number of aliphatic hydroxyl groups excluding tert-OH is 1. The lowest BCUT2D eigenvalue weighted by Gasteiger charge is -2.38. The molecule has 2 heterocycles. The smallest absolute Gasteiger partial charge is 0.325 e. The number of carboxylic acid groups (broad SMARTS) is 1. The number of aryl methyl sites for hydroxylation is 1. The Kier molecular flexibility index (Phi) is 6.14. The quantitative estimate of drug-likeness (QED) is 0.774. The molecule has 1 saturated heterocycles. The van der Waals surface area contributed by atoms with Gasteiger partial charge in [-0.15, -0.1) is 0 Å². The monoisotopic (exact) mass is 356 g/mol. The Balaban J connectivity index is 1.66. The largest absolute Gasteiger partial charge is 0.480 e. The van der Waals surface area contributed by atoms with Crippen molar-refractivity contribution in [3.8, 4) is 0 Å². The van der Waals surface area contributed by atoms with Crippen LogP contribution in [0.15, 0.2) is 42.9 Å². The van der Waals surface area contributed by atoms with Crippen molar-refractivity contribution in [2.24, 2.45) is 0 Å². The van der Waals surface area contributed by atoms with E-state index in [1.165, 1.54) is 0 Å². The lowest BCUT2D eigenvalue weighted by atomic mass is 10.0. The molecule has 1 atom stereocenters. The number of nitrogens with zero attached hydrogens (tertiary/aromatic N) is 4. The minimum Gasteiger partial charge on any atom is -0.480 e. The molecule has 7 heteroatoms. The van der Waals surface area contributed by atoms with Crippen molar-refractivity contribution < 1.29 is 15.0 Å². The number of aromatic nitrogens is 2. The second-order valence-electron chi connectivity index (χ2n) is 6.40. The topological polar surface area (TPSA) is 89.8 Å². The highest BCUT2D eigenvalue weighted by Crippen LogP contribution is 2.24. The number of rotatable bonds is 7. The fourth-order valence-electron chi connectivity index (χ4n) is 3.32. The molecule has 2 aromatic rings. The molecule has 1 aliphatic heterocycles. The number of piperazine rings is 1. The van der Waals surface area contributed by atoms with Crippen molar-refractivity contribution in [3.05, 3.63) is 54.0 Å². The summed E-state index contributed by atoms with van der Waals surface area (Å²) in [5, 5.41) is 18.7. The number of hydrogen-bond donors (Lipinski definition) is 2. The van der Waals surface area contributed by atoms with Crippen molar-refractivity contribution in [1.82, 2.24) is 14.9 Å². The van der Waals surface area contributed by atoms with Gasteiger partial charge in [-0.25, -0.2) is 4.98 Å². The van der Waals surface area contributed by atoms with Crippen LogP contribution < -0.4 is 4.90 Å². The molecule has 2 N–H and O–H groups in total. The van der Waals surface area contributed by atoms with E-state index in [4.69, 9.17) is 5.11 Å². The predicted molar refractivity (Wildman–Crippen MR) is 98.0 cm³/mol. The van der Waals surface area contributed by atoms with E-state index in [1.807, 2.05) is 29.2 Å². The summed E-state index contributed by atoms with van der Waals surface area (Å²) in [6.45, 7) is 2.91. The highest BCUT2D eigenvalue weighted by molar-refractivity contribution is 5.75. The first-order valence-corrected chi connectivity index (χ1v) is 8.86. The zero-order chi connectivity index (χ0) is 18.4. The number of benzene rings is 1. The van der Waals surface area contributed by atoms with Gasteiger partial charge in [-0.2, -0.15) is 0 Å². The Morgan fingerprint density at radius 1 is 1.12 bits per heavy atom. The van der Waals surface area contributed by atoms with Crippen LogP contribution in [0, 0.1) is 0 Å². The summed E-state index contributed by atoms with van der Waals surface area (Å²) < 4.78 is 0. The van der Waals surface area contributed by atoms with Crippen molar-refractivity contribution in [1.29, 1.82) is 0 Å². The van der Waals surface area contributed by atoms with Crippen LogP contribution in [-0.4, -0.2) is 63.8 Å². The number of carbonyl (C=O) groups is 1. The molecule has 0 spiro atoms. The summed E-state index contributed by atoms with van der Waals surface area (Å²) in [6, 6.07) is 7.04. The molecule has 26 heavy (non-hydrogen) atoms. The van der Waals surface area contributed by atoms with Gasteiger partial charge in [-0.1, -0.05) is 24.3 Å². The third-order valence-corrected chi connectivity index (χ3v) is 4.71. The normalized spacial score (nSPS) is 16.4. The van der Waals surface area contributed by atoms with Crippen LogP contribution in [0.4, 0.5) is 5.82 Å². The van der Waals surface area contributed by atoms with Gasteiger partial charge in [0.25, 0.3) is 0 Å². The Morgan fingerprint density at radius 3 is 2.42 bits per heavy atom. The summed E-state index contributed by atoms with van der Waals surface area (Å²) in [7, 11) is 0. The highest BCUT2D eigenvalue weighted by Gasteiger charge is 2.30. The first-order valence-electron chi connectivity index (χ1n) is 8.86. The molecule has 0 aliphatic carbocycles. The van der Waals surface area contributed by atoms with Crippen LogP contribution in [0.5, 0.6) is 0 Å². The van der Waals surface area contributed by atoms with Gasteiger partial charge in [0, 0.05) is 45.2 Å². The SMILES string of the molecule is O=C(O)C(c1ccc(CCCO)cc1)N1CCN(c2cnccn2)CC1. The van der Waals surface area contributed by atoms with Crippen molar-refractivity contribution >= 4 is 11.8 Å². The number of hydrogen-bond acceptors (Lipinski definition) is 6. The lowest BCUT2D eigenvalue weighted by Crippen LogP contribution is -2.49. The number of anilines is 1. The van der Waals surface area contributed by atoms with Gasteiger partial charge >= 0.3 is 5.97 Å². The van der Waals surface area contributed by atoms with Gasteiger partial charge in [0.1, 0.15) is 11.9 Å². The summed E-state index contributed by atoms with van der Waals surface area (Å²) in [4.78, 5) is 24.4. The van der Waals surface area contributed by atoms with Crippen molar-refractivity contribution in [2.75, 3.05) is 37.7 Å². The second-order valence-corrected chi connectivity index (χ2v) is 6.40. The maximum absolute atomic E-state index is 11.9. The van der Waals surface area contributed by atoms with Crippen LogP contribution in [0.1, 0.15) is 23.6 Å². The zero-order valence-electron chi connectivity index (χ0n) is 14.7. The van der Waals surface area contributed by atoms with Crippen molar-refractivity contribution in [2.45, 2.75) is 18.9 Å². The fourth-order valence-corrected chi connectivity index (χ4v) is 3.32. The minimum absolute atomic E-state index is 0.162. The van der Waals surface area contributed by atoms with E-state index in [1.54, 1.807) is 18.6 Å². The van der Waals surface area contributed by atoms with Gasteiger partial charge in [-0.05, 0) is 24.0 Å². The molecule has 1 unspecified atom stereocenters. The number of aliphatic hydroxyl groups is 1. The maximum atomic E-state index is 11.9. The highest BCUT2D eigenvalue weighted by atomic mass is 16.4. The van der Waals surface area contributed by atoms with Crippen molar-refractivity contribution in [3.63, 3.8) is 0 Å². The average Bonchev–Trinajstić information content (AvgIpc) is 2.68. The standard InChI is InChI=1S/C19H24N4O3/c24-13-1-2-15-3-5-16(6-4-15)18(19(25)26)23-11-9-22(10-12-23)17-14-20-7-8-21-17/h3-8,14,18,24H,1-2,9-13H2,(H,25,26). The minimum atomic E-state index is -0.832. The molecule has 1 aromatic heterocycles. The Morgan fingerprint density at radius 2 is 1.85 bits per heavy atom. The molecule has 1 aliphatic rings. The molecular formula is C19H24N4O3. The molecule has 138 valence electrons. The third kappa shape index (κ3) is 4.36. The fraction of sp³-hybridized carbons (Fsp3) is 0.421.